The molecule has 0 radical (unpaired) electrons. The second-order valence-corrected chi connectivity index (χ2v) is 5.32. The molecule has 0 bridgehead atoms. The quantitative estimate of drug-likeness (QED) is 0.328. The zero-order valence-electron chi connectivity index (χ0n) is 12.5. The highest BCUT2D eigenvalue weighted by atomic mass is 16.6. The molecule has 7 heteroatoms. The van der Waals surface area contributed by atoms with Crippen LogP contribution in [0.1, 0.15) is 46.5 Å². The highest BCUT2D eigenvalue weighted by Gasteiger charge is 2.20. The second kappa shape index (κ2) is 8.52. The molecule has 1 N–H and O–H groups in total. The van der Waals surface area contributed by atoms with Crippen molar-refractivity contribution in [2.45, 2.75) is 52.1 Å². The lowest BCUT2D eigenvalue weighted by Crippen LogP contribution is -2.36. The van der Waals surface area contributed by atoms with E-state index in [0.29, 0.717) is 17.9 Å². The second-order valence-electron chi connectivity index (χ2n) is 5.32. The monoisotopic (exact) mass is 289 g/mol. The van der Waals surface area contributed by atoms with Crippen LogP contribution in [0.25, 0.3) is 0 Å². The molecular weight excluding hydrogens is 266 g/mol. The summed E-state index contributed by atoms with van der Waals surface area (Å²) >= 11 is 0. The maximum atomic E-state index is 11.5. The van der Waals surface area contributed by atoms with Crippen LogP contribution in [-0.4, -0.2) is 47.4 Å². The van der Waals surface area contributed by atoms with Crippen LogP contribution < -0.4 is 0 Å². The average molecular weight is 289 g/mol. The first-order chi connectivity index (χ1) is 9.15. The number of amides is 1. The number of nitrogens with zero attached hydrogens (tertiary/aromatic N) is 1. The fourth-order valence-electron chi connectivity index (χ4n) is 1.36. The van der Waals surface area contributed by atoms with E-state index >= 15 is 0 Å². The summed E-state index contributed by atoms with van der Waals surface area (Å²) in [5, 5.41) is 9.77. The SMILES string of the molecule is COC(=O)CCCCC(=O)N(O)CC(=O)OC(C)(C)C. The standard InChI is InChI=1S/C13H23NO6/c1-13(2,3)20-12(17)9-14(18)10(15)7-5-6-8-11(16)19-4/h18H,5-9H2,1-4H3. The number of carbonyl (C=O) groups is 3. The Hall–Kier alpha value is -1.63. The van der Waals surface area contributed by atoms with Crippen molar-refractivity contribution in [3.05, 3.63) is 0 Å². The van der Waals surface area contributed by atoms with Gasteiger partial charge in [0.25, 0.3) is 0 Å². The molecule has 0 fully saturated rings. The van der Waals surface area contributed by atoms with E-state index in [-0.39, 0.29) is 18.8 Å². The molecule has 0 saturated carbocycles. The van der Waals surface area contributed by atoms with E-state index in [0.717, 1.165) is 0 Å². The number of hydrogen-bond donors (Lipinski definition) is 1. The van der Waals surface area contributed by atoms with Crippen molar-refractivity contribution in [1.29, 1.82) is 0 Å². The van der Waals surface area contributed by atoms with E-state index in [2.05, 4.69) is 4.74 Å². The van der Waals surface area contributed by atoms with Crippen LogP contribution in [0.5, 0.6) is 0 Å². The van der Waals surface area contributed by atoms with E-state index < -0.39 is 24.0 Å². The number of methoxy groups -OCH3 is 1. The van der Waals surface area contributed by atoms with Crippen molar-refractivity contribution in [1.82, 2.24) is 5.06 Å². The van der Waals surface area contributed by atoms with Crippen molar-refractivity contribution < 1.29 is 29.1 Å². The maximum absolute atomic E-state index is 11.5. The van der Waals surface area contributed by atoms with E-state index in [1.54, 1.807) is 20.8 Å². The number of ether oxygens (including phenoxy) is 2. The van der Waals surface area contributed by atoms with Gasteiger partial charge in [-0.25, -0.2) is 5.06 Å². The topological polar surface area (TPSA) is 93.1 Å². The summed E-state index contributed by atoms with van der Waals surface area (Å²) in [5.41, 5.74) is -0.665. The Morgan fingerprint density at radius 3 is 2.10 bits per heavy atom. The number of hydroxylamine groups is 2. The van der Waals surface area contributed by atoms with Gasteiger partial charge in [-0.05, 0) is 33.6 Å². The third-order valence-corrected chi connectivity index (χ3v) is 2.24. The molecule has 0 spiro atoms. The number of esters is 2. The smallest absolute Gasteiger partial charge is 0.328 e. The Morgan fingerprint density at radius 1 is 1.05 bits per heavy atom. The van der Waals surface area contributed by atoms with Gasteiger partial charge in [0.05, 0.1) is 7.11 Å². The fraction of sp³-hybridized carbons (Fsp3) is 0.769. The molecule has 0 saturated heterocycles. The Labute approximate surface area is 118 Å². The molecule has 116 valence electrons. The predicted octanol–water partition coefficient (Wildman–Crippen LogP) is 1.28. The van der Waals surface area contributed by atoms with Gasteiger partial charge in [-0.1, -0.05) is 0 Å². The van der Waals surface area contributed by atoms with Crippen molar-refractivity contribution in [3.63, 3.8) is 0 Å². The summed E-state index contributed by atoms with van der Waals surface area (Å²) in [4.78, 5) is 33.7. The Balaban J connectivity index is 3.92. The summed E-state index contributed by atoms with van der Waals surface area (Å²) in [7, 11) is 1.30. The van der Waals surface area contributed by atoms with Crippen LogP contribution >= 0.6 is 0 Å². The minimum atomic E-state index is -0.678. The number of hydrogen-bond acceptors (Lipinski definition) is 6. The number of unbranched alkanes of at least 4 members (excludes halogenated alkanes) is 1. The number of carbonyl (C=O) groups excluding carboxylic acids is 3. The van der Waals surface area contributed by atoms with E-state index in [1.807, 2.05) is 0 Å². The Bertz CT molecular complexity index is 347. The first kappa shape index (κ1) is 18.4. The third-order valence-electron chi connectivity index (χ3n) is 2.24. The van der Waals surface area contributed by atoms with Crippen molar-refractivity contribution in [2.75, 3.05) is 13.7 Å². The fourth-order valence-corrected chi connectivity index (χ4v) is 1.36. The predicted molar refractivity (Wildman–Crippen MR) is 69.8 cm³/mol. The minimum absolute atomic E-state index is 0.0519. The summed E-state index contributed by atoms with van der Waals surface area (Å²) in [6.45, 7) is 4.58. The van der Waals surface area contributed by atoms with Gasteiger partial charge in [0.15, 0.2) is 0 Å². The maximum Gasteiger partial charge on any atom is 0.328 e. The number of rotatable bonds is 7. The molecule has 20 heavy (non-hydrogen) atoms. The molecule has 0 aromatic carbocycles. The molecule has 0 aliphatic carbocycles. The lowest BCUT2D eigenvalue weighted by molar-refractivity contribution is -0.180. The summed E-state index contributed by atoms with van der Waals surface area (Å²) in [5.74, 6) is -1.60. The van der Waals surface area contributed by atoms with Gasteiger partial charge in [-0.3, -0.25) is 19.6 Å². The molecule has 0 aliphatic rings. The molecule has 0 atom stereocenters. The first-order valence-corrected chi connectivity index (χ1v) is 6.43. The molecule has 1 amide bonds. The van der Waals surface area contributed by atoms with Gasteiger partial charge in [0.1, 0.15) is 12.1 Å². The molecule has 0 aromatic rings. The average Bonchev–Trinajstić information content (AvgIpc) is 2.31. The van der Waals surface area contributed by atoms with Crippen LogP contribution in [0.3, 0.4) is 0 Å². The van der Waals surface area contributed by atoms with Crippen LogP contribution in [0.2, 0.25) is 0 Å². The molecule has 0 aromatic heterocycles. The first-order valence-electron chi connectivity index (χ1n) is 6.43. The van der Waals surface area contributed by atoms with Crippen LogP contribution in [0.15, 0.2) is 0 Å². The summed E-state index contributed by atoms with van der Waals surface area (Å²) in [6, 6.07) is 0. The van der Waals surface area contributed by atoms with Gasteiger partial charge in [0, 0.05) is 12.8 Å². The zero-order chi connectivity index (χ0) is 15.8. The van der Waals surface area contributed by atoms with E-state index in [4.69, 9.17) is 4.74 Å². The molecule has 0 aliphatic heterocycles. The van der Waals surface area contributed by atoms with Crippen LogP contribution in [-0.2, 0) is 23.9 Å². The van der Waals surface area contributed by atoms with Gasteiger partial charge < -0.3 is 9.47 Å². The summed E-state index contributed by atoms with van der Waals surface area (Å²) < 4.78 is 9.44. The highest BCUT2D eigenvalue weighted by molar-refractivity contribution is 5.81. The molecule has 7 nitrogen and oxygen atoms in total. The normalized spacial score (nSPS) is 10.8. The minimum Gasteiger partial charge on any atom is -0.469 e. The summed E-state index contributed by atoms with van der Waals surface area (Å²) in [6.07, 6.45) is 1.19. The molecule has 0 heterocycles. The lowest BCUT2D eigenvalue weighted by atomic mass is 10.2. The zero-order valence-corrected chi connectivity index (χ0v) is 12.5. The van der Waals surface area contributed by atoms with Crippen LogP contribution in [0, 0.1) is 0 Å². The van der Waals surface area contributed by atoms with Gasteiger partial charge in [-0.2, -0.15) is 0 Å². The van der Waals surface area contributed by atoms with Gasteiger partial charge in [0.2, 0.25) is 5.91 Å². The molecular formula is C13H23NO6. The molecule has 0 rings (SSSR count). The van der Waals surface area contributed by atoms with Crippen molar-refractivity contribution in [2.24, 2.45) is 0 Å². The van der Waals surface area contributed by atoms with Crippen molar-refractivity contribution in [3.8, 4) is 0 Å². The van der Waals surface area contributed by atoms with Gasteiger partial charge in [-0.15, -0.1) is 0 Å². The third kappa shape index (κ3) is 9.32. The lowest BCUT2D eigenvalue weighted by Gasteiger charge is -2.21. The Kier molecular flexibility index (Phi) is 7.83. The highest BCUT2D eigenvalue weighted by Crippen LogP contribution is 2.08. The largest absolute Gasteiger partial charge is 0.469 e. The van der Waals surface area contributed by atoms with Crippen LogP contribution in [0.4, 0.5) is 0 Å². The molecule has 0 unspecified atom stereocenters. The van der Waals surface area contributed by atoms with Crippen molar-refractivity contribution >= 4 is 17.8 Å². The Morgan fingerprint density at radius 2 is 1.60 bits per heavy atom. The van der Waals surface area contributed by atoms with E-state index in [1.165, 1.54) is 7.11 Å². The van der Waals surface area contributed by atoms with Gasteiger partial charge >= 0.3 is 11.9 Å². The van der Waals surface area contributed by atoms with E-state index in [9.17, 15) is 19.6 Å².